The summed E-state index contributed by atoms with van der Waals surface area (Å²) in [5.41, 5.74) is 2.42. The highest BCUT2D eigenvalue weighted by atomic mass is 28.4. The smallest absolute Gasteiger partial charge is 0.312 e. The molecular weight excluding hydrogens is 536 g/mol. The van der Waals surface area contributed by atoms with Crippen LogP contribution in [0.2, 0.25) is 18.1 Å². The van der Waals surface area contributed by atoms with Crippen molar-refractivity contribution in [1.29, 1.82) is 0 Å². The first kappa shape index (κ1) is 32.5. The SMILES string of the molecule is COC(=O)C12CC[C@@H](C)[C@H](C)C1C1=CCC3[C@@]4(C)C(CO)=CC(C)(CO[Si](C)(C)C(C)(C)C)C4CC[C@@]3(C)[C@]1(C)CC2. The van der Waals surface area contributed by atoms with Crippen LogP contribution in [0.1, 0.15) is 107 Å². The number of aliphatic hydroxyl groups is 1. The van der Waals surface area contributed by atoms with Crippen LogP contribution in [-0.2, 0) is 14.0 Å². The summed E-state index contributed by atoms with van der Waals surface area (Å²) in [5.74, 6) is 2.26. The minimum Gasteiger partial charge on any atom is -0.469 e. The van der Waals surface area contributed by atoms with E-state index in [0.29, 0.717) is 23.7 Å². The van der Waals surface area contributed by atoms with Crippen molar-refractivity contribution < 1.29 is 19.1 Å². The van der Waals surface area contributed by atoms with Crippen molar-refractivity contribution in [1.82, 2.24) is 0 Å². The summed E-state index contributed by atoms with van der Waals surface area (Å²) in [5, 5.41) is 11.1. The molecule has 1 N–H and O–H groups in total. The quantitative estimate of drug-likeness (QED) is 0.195. The van der Waals surface area contributed by atoms with Crippen LogP contribution in [0, 0.1) is 56.7 Å². The minimum absolute atomic E-state index is 0.0240. The summed E-state index contributed by atoms with van der Waals surface area (Å²) in [7, 11) is -0.314. The minimum atomic E-state index is -1.90. The number of methoxy groups -OCH3 is 1. The highest BCUT2D eigenvalue weighted by molar-refractivity contribution is 6.74. The van der Waals surface area contributed by atoms with Crippen LogP contribution in [0.25, 0.3) is 0 Å². The van der Waals surface area contributed by atoms with Gasteiger partial charge in [0.15, 0.2) is 8.32 Å². The second kappa shape index (κ2) is 10.0. The summed E-state index contributed by atoms with van der Waals surface area (Å²) in [6, 6.07) is 0. The lowest BCUT2D eigenvalue weighted by molar-refractivity contribution is -0.177. The Balaban J connectivity index is 1.55. The van der Waals surface area contributed by atoms with E-state index in [1.807, 2.05) is 0 Å². The van der Waals surface area contributed by atoms with E-state index < -0.39 is 8.32 Å². The van der Waals surface area contributed by atoms with E-state index in [-0.39, 0.29) is 50.6 Å². The van der Waals surface area contributed by atoms with Gasteiger partial charge >= 0.3 is 5.97 Å². The van der Waals surface area contributed by atoms with Gasteiger partial charge in [-0.3, -0.25) is 4.79 Å². The molecule has 5 rings (SSSR count). The molecule has 0 radical (unpaired) electrons. The van der Waals surface area contributed by atoms with Crippen LogP contribution in [0.15, 0.2) is 23.3 Å². The van der Waals surface area contributed by atoms with Gasteiger partial charge < -0.3 is 14.3 Å². The average molecular weight is 599 g/mol. The van der Waals surface area contributed by atoms with Crippen molar-refractivity contribution >= 4 is 14.3 Å². The Morgan fingerprint density at radius 3 is 2.29 bits per heavy atom. The summed E-state index contributed by atoms with van der Waals surface area (Å²) in [4.78, 5) is 13.6. The number of rotatable bonds is 5. The third kappa shape index (κ3) is 4.14. The maximum absolute atomic E-state index is 13.6. The van der Waals surface area contributed by atoms with Crippen molar-refractivity contribution in [2.24, 2.45) is 56.7 Å². The molecule has 5 unspecified atom stereocenters. The lowest BCUT2D eigenvalue weighted by atomic mass is 9.35. The normalized spacial score (nSPS) is 46.9. The van der Waals surface area contributed by atoms with Crippen molar-refractivity contribution in [2.45, 2.75) is 125 Å². The van der Waals surface area contributed by atoms with E-state index in [9.17, 15) is 9.90 Å². The molecule has 0 aliphatic heterocycles. The van der Waals surface area contributed by atoms with Gasteiger partial charge in [-0.2, -0.15) is 0 Å². The molecule has 0 aromatic rings. The summed E-state index contributed by atoms with van der Waals surface area (Å²) >= 11 is 0. The molecule has 238 valence electrons. The average Bonchev–Trinajstić information content (AvgIpc) is 3.15. The monoisotopic (exact) mass is 598 g/mol. The number of hydrogen-bond donors (Lipinski definition) is 1. The Bertz CT molecular complexity index is 1160. The second-order valence-electron chi connectivity index (χ2n) is 18.0. The van der Waals surface area contributed by atoms with Crippen molar-refractivity contribution in [3.63, 3.8) is 0 Å². The van der Waals surface area contributed by atoms with E-state index >= 15 is 0 Å². The lowest BCUT2D eigenvalue weighted by Gasteiger charge is -2.69. The van der Waals surface area contributed by atoms with E-state index in [4.69, 9.17) is 9.16 Å². The predicted molar refractivity (Wildman–Crippen MR) is 174 cm³/mol. The van der Waals surface area contributed by atoms with Gasteiger partial charge in [-0.05, 0) is 114 Å². The topological polar surface area (TPSA) is 55.8 Å². The van der Waals surface area contributed by atoms with Gasteiger partial charge in [0.25, 0.3) is 0 Å². The Kier molecular flexibility index (Phi) is 7.77. The Hall–Kier alpha value is -0.913. The molecule has 5 aliphatic carbocycles. The van der Waals surface area contributed by atoms with Gasteiger partial charge in [-0.25, -0.2) is 0 Å². The third-order valence-electron chi connectivity index (χ3n) is 15.4. The molecule has 0 heterocycles. The van der Waals surface area contributed by atoms with E-state index in [1.165, 1.54) is 12.0 Å². The van der Waals surface area contributed by atoms with Crippen molar-refractivity contribution in [3.8, 4) is 0 Å². The second-order valence-corrected chi connectivity index (χ2v) is 22.8. The number of aliphatic hydroxyl groups excluding tert-OH is 1. The molecule has 0 amide bonds. The molecule has 3 saturated carbocycles. The molecule has 0 spiro atoms. The molecule has 10 atom stereocenters. The number of carbonyl (C=O) groups excluding carboxylic acids is 1. The summed E-state index contributed by atoms with van der Waals surface area (Å²) in [6.45, 7) is 27.4. The van der Waals surface area contributed by atoms with Gasteiger partial charge in [-0.1, -0.05) is 80.0 Å². The molecular formula is C37H62O4Si. The molecule has 0 aromatic carbocycles. The Morgan fingerprint density at radius 2 is 1.69 bits per heavy atom. The van der Waals surface area contributed by atoms with Gasteiger partial charge in [-0.15, -0.1) is 0 Å². The molecule has 42 heavy (non-hydrogen) atoms. The van der Waals surface area contributed by atoms with Crippen LogP contribution < -0.4 is 0 Å². The zero-order valence-corrected chi connectivity index (χ0v) is 30.1. The molecule has 0 bridgehead atoms. The predicted octanol–water partition coefficient (Wildman–Crippen LogP) is 8.96. The third-order valence-corrected chi connectivity index (χ3v) is 19.9. The molecule has 3 fully saturated rings. The largest absolute Gasteiger partial charge is 0.469 e. The molecule has 5 aliphatic rings. The van der Waals surface area contributed by atoms with Crippen LogP contribution in [-0.4, -0.2) is 39.7 Å². The van der Waals surface area contributed by atoms with Gasteiger partial charge in [0.2, 0.25) is 0 Å². The fraction of sp³-hybridized carbons (Fsp3) is 0.865. The van der Waals surface area contributed by atoms with E-state index in [1.54, 1.807) is 12.7 Å². The van der Waals surface area contributed by atoms with Crippen LogP contribution >= 0.6 is 0 Å². The van der Waals surface area contributed by atoms with Crippen molar-refractivity contribution in [3.05, 3.63) is 23.3 Å². The zero-order valence-electron chi connectivity index (χ0n) is 29.1. The van der Waals surface area contributed by atoms with E-state index in [2.05, 4.69) is 87.6 Å². The first-order valence-electron chi connectivity index (χ1n) is 17.0. The molecule has 5 heteroatoms. The fourth-order valence-corrected chi connectivity index (χ4v) is 12.4. The van der Waals surface area contributed by atoms with Gasteiger partial charge in [0.1, 0.15) is 0 Å². The fourth-order valence-electron chi connectivity index (χ4n) is 11.3. The maximum Gasteiger partial charge on any atom is 0.312 e. The van der Waals surface area contributed by atoms with Gasteiger partial charge in [0, 0.05) is 12.0 Å². The first-order chi connectivity index (χ1) is 19.3. The number of fused-ring (bicyclic) bond motifs is 7. The zero-order chi connectivity index (χ0) is 31.3. The first-order valence-corrected chi connectivity index (χ1v) is 20.0. The Morgan fingerprint density at radius 1 is 1.02 bits per heavy atom. The number of carbonyl (C=O) groups is 1. The molecule has 4 nitrogen and oxygen atoms in total. The molecule has 0 aromatic heterocycles. The maximum atomic E-state index is 13.6. The lowest BCUT2D eigenvalue weighted by Crippen LogP contribution is -2.63. The van der Waals surface area contributed by atoms with Crippen LogP contribution in [0.4, 0.5) is 0 Å². The van der Waals surface area contributed by atoms with Crippen molar-refractivity contribution in [2.75, 3.05) is 20.3 Å². The van der Waals surface area contributed by atoms with Gasteiger partial charge in [0.05, 0.1) is 19.1 Å². The number of esters is 1. The highest BCUT2D eigenvalue weighted by Gasteiger charge is 2.70. The Labute approximate surface area is 258 Å². The molecule has 0 saturated heterocycles. The highest BCUT2D eigenvalue weighted by Crippen LogP contribution is 2.76. The number of allylic oxidation sites excluding steroid dienone is 2. The number of ether oxygens (including phenoxy) is 1. The standard InChI is InChI=1S/C37H62O4Si/c1-24-15-18-37(31(39)40-10)20-19-34(7)27(30(37)25(24)2)13-14-29-35(34,8)17-16-28-33(6,21-26(22-38)36(28,29)9)23-41-42(11,12)32(3,4)5/h13,21,24-25,28-30,38H,14-20,22-23H2,1-12H3/t24-,25+,28?,29?,30?,33?,34-,35-,36+,37?/m1/s1. The number of hydrogen-bond acceptors (Lipinski definition) is 4. The van der Waals surface area contributed by atoms with E-state index in [0.717, 1.165) is 45.1 Å². The van der Waals surface area contributed by atoms with Crippen LogP contribution in [0.5, 0.6) is 0 Å². The summed E-state index contributed by atoms with van der Waals surface area (Å²) < 4.78 is 12.5. The summed E-state index contributed by atoms with van der Waals surface area (Å²) in [6.07, 6.45) is 12.5. The van der Waals surface area contributed by atoms with Crippen LogP contribution in [0.3, 0.4) is 0 Å².